The van der Waals surface area contributed by atoms with E-state index < -0.39 is 38.6 Å². The molecule has 1 rings (SSSR count). The molecule has 1 fully saturated rings. The van der Waals surface area contributed by atoms with Crippen molar-refractivity contribution in [2.24, 2.45) is 0 Å². The van der Waals surface area contributed by atoms with Crippen molar-refractivity contribution in [3.8, 4) is 0 Å². The average Bonchev–Trinajstić information content (AvgIpc) is 2.10. The van der Waals surface area contributed by atoms with Gasteiger partial charge in [0.25, 0.3) is 30.0 Å². The maximum atomic E-state index is 5.69. The molecule has 1 heterocycles. The lowest BCUT2D eigenvalue weighted by Gasteiger charge is -2.29. The van der Waals surface area contributed by atoms with Gasteiger partial charge in [0, 0.05) is 6.04 Å². The van der Waals surface area contributed by atoms with Crippen molar-refractivity contribution in [3.05, 3.63) is 24.9 Å². The van der Waals surface area contributed by atoms with Gasteiger partial charge in [-0.25, -0.2) is 0 Å². The van der Waals surface area contributed by atoms with E-state index in [4.69, 9.17) is 16.5 Å². The number of rotatable bonds is 3. The van der Waals surface area contributed by atoms with Gasteiger partial charge in [0.1, 0.15) is 0 Å². The van der Waals surface area contributed by atoms with E-state index in [1.54, 1.807) is 5.70 Å². The predicted octanol–water partition coefficient (Wildman–Crippen LogP) is -1.58. The Morgan fingerprint density at radius 1 is 1.08 bits per heavy atom. The largest absolute Gasteiger partial charge is 0.425 e. The van der Waals surface area contributed by atoms with Crippen molar-refractivity contribution in [2.75, 3.05) is 0 Å². The van der Waals surface area contributed by atoms with Crippen LogP contribution in [0.1, 0.15) is 0 Å². The molecule has 0 aromatic carbocycles. The zero-order valence-electron chi connectivity index (χ0n) is 7.53. The highest BCUT2D eigenvalue weighted by Crippen LogP contribution is 2.15. The van der Waals surface area contributed by atoms with Crippen LogP contribution < -0.4 is 0 Å². The minimum atomic E-state index is -2.20. The molecule has 0 unspecified atom stereocenters. The van der Waals surface area contributed by atoms with Gasteiger partial charge in [0.15, 0.2) is 0 Å². The fourth-order valence-corrected chi connectivity index (χ4v) is 10.3. The molecule has 0 aliphatic carbocycles. The van der Waals surface area contributed by atoms with Crippen LogP contribution in [-0.2, 0) is 16.5 Å². The summed E-state index contributed by atoms with van der Waals surface area (Å²) in [6, 6.07) is 0.741. The predicted molar refractivity (Wildman–Crippen MR) is 60.9 cm³/mol. The Balaban J connectivity index is 2.57. The van der Waals surface area contributed by atoms with Crippen LogP contribution in [-0.4, -0.2) is 38.6 Å². The van der Waals surface area contributed by atoms with E-state index in [9.17, 15) is 0 Å². The Morgan fingerprint density at radius 2 is 1.69 bits per heavy atom. The Morgan fingerprint density at radius 3 is 2.15 bits per heavy atom. The molecule has 8 heteroatoms. The van der Waals surface area contributed by atoms with Gasteiger partial charge in [-0.15, -0.1) is 13.2 Å². The molecule has 0 atom stereocenters. The maximum absolute atomic E-state index is 5.69. The van der Waals surface area contributed by atoms with E-state index in [0.717, 1.165) is 6.04 Å². The van der Waals surface area contributed by atoms with E-state index in [-0.39, 0.29) is 0 Å². The molecule has 1 aliphatic rings. The first-order chi connectivity index (χ1) is 6.33. The Hall–Kier alpha value is 0.188. The molecule has 0 amide bonds. The summed E-state index contributed by atoms with van der Waals surface area (Å²) in [6.07, 6.45) is 1.82. The normalized spacial score (nSPS) is 35.7. The third-order valence-electron chi connectivity index (χ3n) is 1.68. The molecule has 0 radical (unpaired) electrons. The highest BCUT2D eigenvalue weighted by molar-refractivity contribution is 6.80. The summed E-state index contributed by atoms with van der Waals surface area (Å²) < 4.78 is 22.0. The van der Waals surface area contributed by atoms with Gasteiger partial charge < -0.3 is 16.5 Å². The maximum Gasteiger partial charge on any atom is 0.350 e. The van der Waals surface area contributed by atoms with Crippen molar-refractivity contribution in [3.63, 3.8) is 0 Å². The van der Waals surface area contributed by atoms with Gasteiger partial charge in [0.2, 0.25) is 0 Å². The van der Waals surface area contributed by atoms with Crippen molar-refractivity contribution in [2.45, 2.75) is 6.04 Å². The Labute approximate surface area is 86.4 Å². The second-order valence-corrected chi connectivity index (χ2v) is 11.3. The first-order valence-electron chi connectivity index (χ1n) is 4.01. The van der Waals surface area contributed by atoms with E-state index in [1.807, 2.05) is 6.08 Å². The second kappa shape index (κ2) is 5.82. The first kappa shape index (κ1) is 11.3. The summed E-state index contributed by atoms with van der Waals surface area (Å²) in [6.45, 7) is 7.44. The lowest BCUT2D eigenvalue weighted by atomic mass is 10.8. The number of allylic oxidation sites excluding steroid dienone is 1. The summed E-state index contributed by atoms with van der Waals surface area (Å²) in [5.74, 6) is 0. The summed E-state index contributed by atoms with van der Waals surface area (Å²) in [7, 11) is -4.80. The summed E-state index contributed by atoms with van der Waals surface area (Å²) in [5, 5.41) is 0. The lowest BCUT2D eigenvalue weighted by Crippen LogP contribution is -2.45. The van der Waals surface area contributed by atoms with Gasteiger partial charge in [-0.3, -0.25) is 0 Å². The van der Waals surface area contributed by atoms with E-state index >= 15 is 0 Å². The summed E-state index contributed by atoms with van der Waals surface area (Å²) in [4.78, 5) is 0. The van der Waals surface area contributed by atoms with Crippen molar-refractivity contribution >= 4 is 38.6 Å². The van der Waals surface area contributed by atoms with Crippen LogP contribution in [0.15, 0.2) is 24.9 Å². The molecule has 1 aliphatic heterocycles. The van der Waals surface area contributed by atoms with Crippen LogP contribution in [0, 0.1) is 0 Å². The zero-order valence-corrected chi connectivity index (χ0v) is 12.8. The molecule has 74 valence electrons. The third-order valence-corrected chi connectivity index (χ3v) is 10.7. The average molecular weight is 251 g/mol. The monoisotopic (exact) mass is 250 g/mol. The van der Waals surface area contributed by atoms with Gasteiger partial charge in [-0.2, -0.15) is 0 Å². The van der Waals surface area contributed by atoms with E-state index in [2.05, 4.69) is 13.2 Å². The zero-order chi connectivity index (χ0) is 9.57. The quantitative estimate of drug-likeness (QED) is 0.447. The number of hydrogen-bond acceptors (Lipinski definition) is 4. The van der Waals surface area contributed by atoms with Gasteiger partial charge in [0.05, 0.1) is 0 Å². The fraction of sp³-hybridized carbons (Fsp3) is 0.200. The van der Waals surface area contributed by atoms with Crippen LogP contribution in [0.3, 0.4) is 0 Å². The van der Waals surface area contributed by atoms with Gasteiger partial charge >= 0.3 is 8.56 Å². The molecule has 13 heavy (non-hydrogen) atoms. The highest BCUT2D eigenvalue weighted by atomic mass is 28.5. The molecule has 0 N–H and O–H groups in total. The Bertz CT molecular complexity index is 179. The third kappa shape index (κ3) is 3.44. The fourth-order valence-electron chi connectivity index (χ4n) is 0.972. The van der Waals surface area contributed by atoms with Crippen LogP contribution in [0.25, 0.3) is 0 Å². The van der Waals surface area contributed by atoms with E-state index in [0.29, 0.717) is 0 Å². The highest BCUT2D eigenvalue weighted by Gasteiger charge is 2.33. The van der Waals surface area contributed by atoms with Crippen molar-refractivity contribution < 1.29 is 16.5 Å². The molecule has 0 saturated carbocycles. The molecule has 0 aromatic heterocycles. The molecule has 0 bridgehead atoms. The summed E-state index contributed by atoms with van der Waals surface area (Å²) in [5.41, 5.74) is 1.80. The molecular formula is C5H14O4Si4. The summed E-state index contributed by atoms with van der Waals surface area (Å²) >= 11 is 0. The minimum Gasteiger partial charge on any atom is -0.425 e. The van der Waals surface area contributed by atoms with Crippen LogP contribution in [0.4, 0.5) is 0 Å². The molecule has 0 spiro atoms. The second-order valence-electron chi connectivity index (χ2n) is 2.56. The van der Waals surface area contributed by atoms with Gasteiger partial charge in [-0.1, -0.05) is 11.8 Å². The molecular weight excluding hydrogens is 236 g/mol. The van der Waals surface area contributed by atoms with E-state index in [1.165, 1.54) is 0 Å². The minimum absolute atomic E-state index is 0.741. The molecule has 4 nitrogen and oxygen atoms in total. The van der Waals surface area contributed by atoms with Crippen molar-refractivity contribution in [1.29, 1.82) is 0 Å². The van der Waals surface area contributed by atoms with Gasteiger partial charge in [-0.05, 0) is 0 Å². The molecule has 0 aromatic rings. The topological polar surface area (TPSA) is 36.9 Å². The van der Waals surface area contributed by atoms with Crippen LogP contribution in [0.2, 0.25) is 6.04 Å². The van der Waals surface area contributed by atoms with Crippen molar-refractivity contribution in [1.82, 2.24) is 0 Å². The Kier molecular flexibility index (Phi) is 5.04. The smallest absolute Gasteiger partial charge is 0.350 e. The number of hydrogen-bond donors (Lipinski definition) is 0. The van der Waals surface area contributed by atoms with Crippen LogP contribution >= 0.6 is 0 Å². The lowest BCUT2D eigenvalue weighted by molar-refractivity contribution is 0.316. The van der Waals surface area contributed by atoms with Crippen LogP contribution in [0.5, 0.6) is 0 Å². The SMILES string of the molecule is C=CC[Si]1(C=C)O[SiH2]O[SiH2]O[SiH2]O1. The molecule has 1 saturated heterocycles. The first-order valence-corrected chi connectivity index (χ1v) is 9.57. The standard InChI is InChI=1S/C5H14O4Si4/c1-3-5-13(4-2)8-11-6-10-7-12-9-13/h3-4H,1-2,5,10-12H2.